The molecule has 2 rings (SSSR count). The van der Waals surface area contributed by atoms with Gasteiger partial charge in [-0.15, -0.1) is 0 Å². The highest BCUT2D eigenvalue weighted by atomic mass is 16.5. The molecule has 4 nitrogen and oxygen atoms in total. The number of nitrogens with zero attached hydrogens (tertiary/aromatic N) is 2. The molecular formula is C13H21N3O. The molecule has 0 bridgehead atoms. The highest BCUT2D eigenvalue weighted by molar-refractivity contribution is 5.17. The van der Waals surface area contributed by atoms with Crippen molar-refractivity contribution in [2.45, 2.75) is 26.0 Å². The van der Waals surface area contributed by atoms with E-state index in [9.17, 15) is 0 Å². The molecule has 0 spiro atoms. The van der Waals surface area contributed by atoms with Crippen LogP contribution in [0.1, 0.15) is 24.2 Å². The maximum absolute atomic E-state index is 5.80. The topological polar surface area (TPSA) is 51.4 Å². The molecule has 4 heteroatoms. The molecule has 1 aliphatic heterocycles. The Hall–Kier alpha value is -0.970. The molecule has 0 aliphatic carbocycles. The molecule has 2 heterocycles. The number of ether oxygens (including phenoxy) is 1. The molecule has 1 aromatic rings. The normalized spacial score (nSPS) is 26.1. The smallest absolute Gasteiger partial charge is 0.0909 e. The fourth-order valence-corrected chi connectivity index (χ4v) is 2.37. The van der Waals surface area contributed by atoms with Crippen LogP contribution in [0, 0.1) is 6.92 Å². The van der Waals surface area contributed by atoms with E-state index in [1.54, 1.807) is 0 Å². The first-order valence-electron chi connectivity index (χ1n) is 6.24. The van der Waals surface area contributed by atoms with Crippen LogP contribution in [0.2, 0.25) is 0 Å². The van der Waals surface area contributed by atoms with Crippen LogP contribution in [0.5, 0.6) is 0 Å². The quantitative estimate of drug-likeness (QED) is 0.852. The first-order chi connectivity index (χ1) is 8.26. The molecule has 17 heavy (non-hydrogen) atoms. The Morgan fingerprint density at radius 2 is 2.35 bits per heavy atom. The number of likely N-dealkylation sites (N-methyl/N-ethyl adjacent to an activating group) is 1. The molecule has 94 valence electrons. The van der Waals surface area contributed by atoms with Gasteiger partial charge in [0.2, 0.25) is 0 Å². The molecule has 0 saturated carbocycles. The van der Waals surface area contributed by atoms with Crippen molar-refractivity contribution in [3.05, 3.63) is 29.6 Å². The summed E-state index contributed by atoms with van der Waals surface area (Å²) in [6.07, 6.45) is 1.96. The third-order valence-corrected chi connectivity index (χ3v) is 3.33. The fraction of sp³-hybridized carbons (Fsp3) is 0.615. The van der Waals surface area contributed by atoms with Crippen LogP contribution in [-0.4, -0.2) is 42.2 Å². The summed E-state index contributed by atoms with van der Waals surface area (Å²) in [4.78, 5) is 6.91. The van der Waals surface area contributed by atoms with Gasteiger partial charge in [0.05, 0.1) is 24.4 Å². The Kier molecular flexibility index (Phi) is 4.10. The van der Waals surface area contributed by atoms with E-state index in [0.29, 0.717) is 6.54 Å². The largest absolute Gasteiger partial charge is 0.374 e. The monoisotopic (exact) mass is 235 g/mol. The SMILES string of the molecule is CCN1CCOC(CN)C1c1ccc(C)cn1. The van der Waals surface area contributed by atoms with Gasteiger partial charge in [-0.3, -0.25) is 9.88 Å². The van der Waals surface area contributed by atoms with E-state index >= 15 is 0 Å². The van der Waals surface area contributed by atoms with Gasteiger partial charge in [-0.25, -0.2) is 0 Å². The second-order valence-corrected chi connectivity index (χ2v) is 4.48. The minimum Gasteiger partial charge on any atom is -0.374 e. The third kappa shape index (κ3) is 2.65. The van der Waals surface area contributed by atoms with E-state index < -0.39 is 0 Å². The fourth-order valence-electron chi connectivity index (χ4n) is 2.37. The maximum Gasteiger partial charge on any atom is 0.0909 e. The predicted octanol–water partition coefficient (Wildman–Crippen LogP) is 1.11. The molecular weight excluding hydrogens is 214 g/mol. The Morgan fingerprint density at radius 1 is 1.53 bits per heavy atom. The van der Waals surface area contributed by atoms with Crippen LogP contribution in [0.15, 0.2) is 18.3 Å². The molecule has 2 atom stereocenters. The average Bonchev–Trinajstić information content (AvgIpc) is 2.38. The van der Waals surface area contributed by atoms with E-state index in [1.165, 1.54) is 5.56 Å². The molecule has 2 N–H and O–H groups in total. The Balaban J connectivity index is 2.26. The summed E-state index contributed by atoms with van der Waals surface area (Å²) in [5.41, 5.74) is 8.04. The van der Waals surface area contributed by atoms with Crippen LogP contribution < -0.4 is 5.73 Å². The lowest BCUT2D eigenvalue weighted by Crippen LogP contribution is -2.48. The first kappa shape index (κ1) is 12.5. The maximum atomic E-state index is 5.80. The summed E-state index contributed by atoms with van der Waals surface area (Å²) in [5, 5.41) is 0. The number of aryl methyl sites for hydroxylation is 1. The molecule has 1 aliphatic rings. The predicted molar refractivity (Wildman–Crippen MR) is 67.8 cm³/mol. The van der Waals surface area contributed by atoms with Crippen molar-refractivity contribution >= 4 is 0 Å². The summed E-state index contributed by atoms with van der Waals surface area (Å²) < 4.78 is 5.75. The lowest BCUT2D eigenvalue weighted by Gasteiger charge is -2.40. The van der Waals surface area contributed by atoms with E-state index in [0.717, 1.165) is 25.4 Å². The molecule has 1 fully saturated rings. The lowest BCUT2D eigenvalue weighted by molar-refractivity contribution is -0.0671. The average molecular weight is 235 g/mol. The van der Waals surface area contributed by atoms with Crippen molar-refractivity contribution in [1.82, 2.24) is 9.88 Å². The van der Waals surface area contributed by atoms with Crippen LogP contribution in [0.4, 0.5) is 0 Å². The summed E-state index contributed by atoms with van der Waals surface area (Å²) in [6.45, 7) is 7.47. The number of nitrogens with two attached hydrogens (primary N) is 1. The van der Waals surface area contributed by atoms with Crippen LogP contribution in [0.25, 0.3) is 0 Å². The van der Waals surface area contributed by atoms with Gasteiger partial charge in [0, 0.05) is 19.3 Å². The second-order valence-electron chi connectivity index (χ2n) is 4.48. The Morgan fingerprint density at radius 3 is 2.94 bits per heavy atom. The molecule has 0 amide bonds. The number of morpholine rings is 1. The van der Waals surface area contributed by atoms with Crippen molar-refractivity contribution in [2.24, 2.45) is 5.73 Å². The van der Waals surface area contributed by atoms with Gasteiger partial charge in [-0.2, -0.15) is 0 Å². The van der Waals surface area contributed by atoms with Crippen molar-refractivity contribution in [3.8, 4) is 0 Å². The minimum absolute atomic E-state index is 0.0545. The van der Waals surface area contributed by atoms with E-state index in [-0.39, 0.29) is 12.1 Å². The minimum atomic E-state index is 0.0545. The summed E-state index contributed by atoms with van der Waals surface area (Å²) >= 11 is 0. The van der Waals surface area contributed by atoms with Gasteiger partial charge >= 0.3 is 0 Å². The number of hydrogen-bond acceptors (Lipinski definition) is 4. The molecule has 2 unspecified atom stereocenters. The molecule has 1 aromatic heterocycles. The standard InChI is InChI=1S/C13H21N3O/c1-3-16-6-7-17-12(8-14)13(16)11-5-4-10(2)9-15-11/h4-5,9,12-13H,3,6-8,14H2,1-2H3. The van der Waals surface area contributed by atoms with Gasteiger partial charge in [0.15, 0.2) is 0 Å². The summed E-state index contributed by atoms with van der Waals surface area (Å²) in [7, 11) is 0. The van der Waals surface area contributed by atoms with Gasteiger partial charge in [-0.1, -0.05) is 13.0 Å². The Bertz CT molecular complexity index is 340. The highest BCUT2D eigenvalue weighted by Gasteiger charge is 2.32. The number of rotatable bonds is 3. The van der Waals surface area contributed by atoms with Crippen molar-refractivity contribution in [1.29, 1.82) is 0 Å². The Labute approximate surface area is 103 Å². The van der Waals surface area contributed by atoms with Crippen molar-refractivity contribution in [3.63, 3.8) is 0 Å². The lowest BCUT2D eigenvalue weighted by atomic mass is 10.0. The zero-order valence-electron chi connectivity index (χ0n) is 10.6. The van der Waals surface area contributed by atoms with Crippen molar-refractivity contribution < 1.29 is 4.74 Å². The summed E-state index contributed by atoms with van der Waals surface area (Å²) in [6, 6.07) is 4.37. The number of hydrogen-bond donors (Lipinski definition) is 1. The van der Waals surface area contributed by atoms with Gasteiger partial charge < -0.3 is 10.5 Å². The zero-order valence-corrected chi connectivity index (χ0v) is 10.6. The van der Waals surface area contributed by atoms with E-state index in [4.69, 9.17) is 10.5 Å². The zero-order chi connectivity index (χ0) is 12.3. The number of aromatic nitrogens is 1. The summed E-state index contributed by atoms with van der Waals surface area (Å²) in [5.74, 6) is 0. The highest BCUT2D eigenvalue weighted by Crippen LogP contribution is 2.27. The molecule has 1 saturated heterocycles. The molecule has 0 aromatic carbocycles. The van der Waals surface area contributed by atoms with Crippen LogP contribution >= 0.6 is 0 Å². The van der Waals surface area contributed by atoms with Crippen LogP contribution in [-0.2, 0) is 4.74 Å². The second kappa shape index (κ2) is 5.58. The third-order valence-electron chi connectivity index (χ3n) is 3.33. The van der Waals surface area contributed by atoms with Crippen molar-refractivity contribution in [2.75, 3.05) is 26.2 Å². The van der Waals surface area contributed by atoms with Gasteiger partial charge in [-0.05, 0) is 25.1 Å². The van der Waals surface area contributed by atoms with E-state index in [2.05, 4.69) is 28.9 Å². The van der Waals surface area contributed by atoms with Gasteiger partial charge in [0.25, 0.3) is 0 Å². The number of pyridine rings is 1. The van der Waals surface area contributed by atoms with Crippen LogP contribution in [0.3, 0.4) is 0 Å². The molecule has 0 radical (unpaired) electrons. The van der Waals surface area contributed by atoms with Gasteiger partial charge in [0.1, 0.15) is 0 Å². The van der Waals surface area contributed by atoms with E-state index in [1.807, 2.05) is 13.1 Å². The first-order valence-corrected chi connectivity index (χ1v) is 6.24.